The summed E-state index contributed by atoms with van der Waals surface area (Å²) in [4.78, 5) is 18.5. The van der Waals surface area contributed by atoms with Gasteiger partial charge in [-0.25, -0.2) is 4.98 Å². The van der Waals surface area contributed by atoms with E-state index in [1.807, 2.05) is 25.3 Å². The molecule has 3 N–H and O–H groups in total. The first kappa shape index (κ1) is 14.8. The Morgan fingerprint density at radius 1 is 1.40 bits per heavy atom. The van der Waals surface area contributed by atoms with E-state index in [-0.39, 0.29) is 11.8 Å². The quantitative estimate of drug-likeness (QED) is 0.850. The van der Waals surface area contributed by atoms with Crippen LogP contribution in [0.4, 0.5) is 5.82 Å². The molecule has 1 aromatic rings. The molecule has 20 heavy (non-hydrogen) atoms. The summed E-state index contributed by atoms with van der Waals surface area (Å²) in [5, 5.41) is 2.88. The molecule has 1 aliphatic heterocycles. The van der Waals surface area contributed by atoms with Gasteiger partial charge >= 0.3 is 0 Å². The van der Waals surface area contributed by atoms with Crippen LogP contribution in [0.2, 0.25) is 0 Å². The van der Waals surface area contributed by atoms with Gasteiger partial charge in [0.1, 0.15) is 5.82 Å². The highest BCUT2D eigenvalue weighted by Crippen LogP contribution is 2.17. The van der Waals surface area contributed by atoms with E-state index in [2.05, 4.69) is 15.2 Å². The topological polar surface area (TPSA) is 71.2 Å². The second-order valence-corrected chi connectivity index (χ2v) is 5.43. The Hall–Kier alpha value is -1.62. The summed E-state index contributed by atoms with van der Waals surface area (Å²) in [6.45, 7) is 4.90. The molecule has 0 radical (unpaired) electrons. The van der Waals surface area contributed by atoms with Gasteiger partial charge in [-0.1, -0.05) is 13.0 Å². The Kier molecular flexibility index (Phi) is 5.35. The van der Waals surface area contributed by atoms with Crippen LogP contribution in [0.3, 0.4) is 0 Å². The fourth-order valence-corrected chi connectivity index (χ4v) is 2.30. The third-order valence-electron chi connectivity index (χ3n) is 3.76. The number of nitrogens with two attached hydrogens (primary N) is 1. The Labute approximate surface area is 120 Å². The predicted octanol–water partition coefficient (Wildman–Crippen LogP) is 1.28. The number of pyridine rings is 1. The molecular formula is C15H24N4O. The number of piperidine rings is 1. The lowest BCUT2D eigenvalue weighted by molar-refractivity contribution is -0.124. The number of aromatic nitrogens is 1. The Bertz CT molecular complexity index is 426. The van der Waals surface area contributed by atoms with Crippen LogP contribution in [0.15, 0.2) is 18.3 Å². The molecule has 1 aliphatic rings. The van der Waals surface area contributed by atoms with Crippen molar-refractivity contribution in [3.8, 4) is 0 Å². The zero-order valence-electron chi connectivity index (χ0n) is 12.1. The maximum Gasteiger partial charge on any atom is 0.224 e. The largest absolute Gasteiger partial charge is 0.357 e. The Balaban J connectivity index is 1.86. The van der Waals surface area contributed by atoms with E-state index in [0.717, 1.165) is 24.5 Å². The summed E-state index contributed by atoms with van der Waals surface area (Å²) in [6, 6.07) is 4.07. The molecule has 1 atom stereocenters. The number of rotatable bonds is 5. The zero-order chi connectivity index (χ0) is 14.4. The molecule has 0 aromatic carbocycles. The van der Waals surface area contributed by atoms with Crippen molar-refractivity contribution in [2.24, 2.45) is 11.7 Å². The molecule has 2 heterocycles. The van der Waals surface area contributed by atoms with Gasteiger partial charge in [-0.15, -0.1) is 0 Å². The third kappa shape index (κ3) is 3.93. The Morgan fingerprint density at radius 2 is 2.15 bits per heavy atom. The van der Waals surface area contributed by atoms with Crippen LogP contribution >= 0.6 is 0 Å². The molecular weight excluding hydrogens is 252 g/mol. The zero-order valence-corrected chi connectivity index (χ0v) is 12.1. The highest BCUT2D eigenvalue weighted by atomic mass is 16.1. The van der Waals surface area contributed by atoms with Crippen molar-refractivity contribution in [3.63, 3.8) is 0 Å². The van der Waals surface area contributed by atoms with Crippen molar-refractivity contribution in [2.45, 2.75) is 32.7 Å². The fraction of sp³-hybridized carbons (Fsp3) is 0.600. The molecule has 0 aliphatic carbocycles. The average molecular weight is 276 g/mol. The van der Waals surface area contributed by atoms with Gasteiger partial charge < -0.3 is 16.0 Å². The van der Waals surface area contributed by atoms with Crippen molar-refractivity contribution in [1.82, 2.24) is 10.3 Å². The van der Waals surface area contributed by atoms with Gasteiger partial charge in [0.25, 0.3) is 0 Å². The smallest absolute Gasteiger partial charge is 0.224 e. The van der Waals surface area contributed by atoms with Gasteiger partial charge in [0, 0.05) is 38.3 Å². The van der Waals surface area contributed by atoms with Gasteiger partial charge in [0.15, 0.2) is 0 Å². The SMILES string of the molecule is CC(CN)C(=O)NCc1ccc(N2CCCCC2)nc1. The molecule has 1 fully saturated rings. The molecule has 1 unspecified atom stereocenters. The summed E-state index contributed by atoms with van der Waals surface area (Å²) in [6.07, 6.45) is 5.66. The molecule has 0 spiro atoms. The summed E-state index contributed by atoms with van der Waals surface area (Å²) in [5.41, 5.74) is 6.48. The minimum atomic E-state index is -0.143. The van der Waals surface area contributed by atoms with Crippen LogP contribution in [0.5, 0.6) is 0 Å². The van der Waals surface area contributed by atoms with Crippen molar-refractivity contribution >= 4 is 11.7 Å². The summed E-state index contributed by atoms with van der Waals surface area (Å²) in [5.74, 6) is 0.887. The third-order valence-corrected chi connectivity index (χ3v) is 3.76. The minimum Gasteiger partial charge on any atom is -0.357 e. The highest BCUT2D eigenvalue weighted by Gasteiger charge is 2.12. The molecule has 0 saturated carbocycles. The van der Waals surface area contributed by atoms with Gasteiger partial charge in [-0.3, -0.25) is 4.79 Å². The lowest BCUT2D eigenvalue weighted by Gasteiger charge is -2.27. The van der Waals surface area contributed by atoms with Crippen molar-refractivity contribution in [1.29, 1.82) is 0 Å². The van der Waals surface area contributed by atoms with E-state index in [4.69, 9.17) is 5.73 Å². The fourth-order valence-electron chi connectivity index (χ4n) is 2.30. The molecule has 110 valence electrons. The number of carbonyl (C=O) groups is 1. The van der Waals surface area contributed by atoms with E-state index >= 15 is 0 Å². The number of nitrogens with zero attached hydrogens (tertiary/aromatic N) is 2. The first-order valence-electron chi connectivity index (χ1n) is 7.38. The summed E-state index contributed by atoms with van der Waals surface area (Å²) < 4.78 is 0. The average Bonchev–Trinajstić information content (AvgIpc) is 2.53. The summed E-state index contributed by atoms with van der Waals surface area (Å²) >= 11 is 0. The second kappa shape index (κ2) is 7.24. The van der Waals surface area contributed by atoms with E-state index in [1.54, 1.807) is 0 Å². The maximum atomic E-state index is 11.6. The van der Waals surface area contributed by atoms with Crippen LogP contribution in [0, 0.1) is 5.92 Å². The molecule has 5 heteroatoms. The molecule has 1 saturated heterocycles. The number of hydrogen-bond acceptors (Lipinski definition) is 4. The van der Waals surface area contributed by atoms with E-state index in [1.165, 1.54) is 19.3 Å². The number of anilines is 1. The number of carbonyl (C=O) groups excluding carboxylic acids is 1. The normalized spacial score (nSPS) is 16.8. The minimum absolute atomic E-state index is 0.00685. The second-order valence-electron chi connectivity index (χ2n) is 5.43. The summed E-state index contributed by atoms with van der Waals surface area (Å²) in [7, 11) is 0. The molecule has 1 aromatic heterocycles. The predicted molar refractivity (Wildman–Crippen MR) is 80.4 cm³/mol. The number of hydrogen-bond donors (Lipinski definition) is 2. The maximum absolute atomic E-state index is 11.6. The van der Waals surface area contributed by atoms with Crippen molar-refractivity contribution < 1.29 is 4.79 Å². The van der Waals surface area contributed by atoms with Gasteiger partial charge in [-0.05, 0) is 30.9 Å². The number of amides is 1. The van der Waals surface area contributed by atoms with E-state index in [0.29, 0.717) is 13.1 Å². The Morgan fingerprint density at radius 3 is 2.75 bits per heavy atom. The molecule has 5 nitrogen and oxygen atoms in total. The van der Waals surface area contributed by atoms with E-state index < -0.39 is 0 Å². The lowest BCUT2D eigenvalue weighted by atomic mass is 10.1. The van der Waals surface area contributed by atoms with Crippen LogP contribution in [0.1, 0.15) is 31.7 Å². The molecule has 0 bridgehead atoms. The van der Waals surface area contributed by atoms with Crippen LogP contribution in [0.25, 0.3) is 0 Å². The lowest BCUT2D eigenvalue weighted by Crippen LogP contribution is -2.33. The van der Waals surface area contributed by atoms with Crippen molar-refractivity contribution in [3.05, 3.63) is 23.9 Å². The van der Waals surface area contributed by atoms with Gasteiger partial charge in [0.05, 0.1) is 0 Å². The van der Waals surface area contributed by atoms with Crippen LogP contribution in [-0.4, -0.2) is 30.5 Å². The number of nitrogens with one attached hydrogen (secondary N) is 1. The monoisotopic (exact) mass is 276 g/mol. The van der Waals surface area contributed by atoms with Gasteiger partial charge in [0.2, 0.25) is 5.91 Å². The van der Waals surface area contributed by atoms with Crippen molar-refractivity contribution in [2.75, 3.05) is 24.5 Å². The highest BCUT2D eigenvalue weighted by molar-refractivity contribution is 5.78. The first-order valence-corrected chi connectivity index (χ1v) is 7.38. The standard InChI is InChI=1S/C15H24N4O/c1-12(9-16)15(20)18-11-13-5-6-14(17-10-13)19-7-3-2-4-8-19/h5-6,10,12H,2-4,7-9,11,16H2,1H3,(H,18,20). The van der Waals surface area contributed by atoms with Gasteiger partial charge in [-0.2, -0.15) is 0 Å². The van der Waals surface area contributed by atoms with Crippen LogP contribution in [-0.2, 0) is 11.3 Å². The van der Waals surface area contributed by atoms with E-state index in [9.17, 15) is 4.79 Å². The molecule has 1 amide bonds. The molecule has 2 rings (SSSR count). The first-order chi connectivity index (χ1) is 9.70. The van der Waals surface area contributed by atoms with Crippen LogP contribution < -0.4 is 16.0 Å².